The maximum absolute atomic E-state index is 7.80. The number of hydrogen-bond donors (Lipinski definition) is 1. The first-order valence-corrected chi connectivity index (χ1v) is 31.0. The fourth-order valence-corrected chi connectivity index (χ4v) is 15.3. The molecule has 1 aliphatic carbocycles. The molecule has 18 aromatic rings. The second kappa shape index (κ2) is 19.5. The van der Waals surface area contributed by atoms with Crippen LogP contribution in [0.5, 0.6) is 0 Å². The number of aromatic nitrogens is 6. The molecule has 12 aromatic carbocycles. The van der Waals surface area contributed by atoms with E-state index in [1.165, 1.54) is 26.9 Å². The van der Waals surface area contributed by atoms with Crippen molar-refractivity contribution in [3.05, 3.63) is 291 Å². The largest absolute Gasteiger partial charge is 0.369 e. The van der Waals surface area contributed by atoms with E-state index in [-0.39, 0.29) is 6.67 Å². The van der Waals surface area contributed by atoms with Crippen LogP contribution >= 0.6 is 0 Å². The van der Waals surface area contributed by atoms with E-state index in [0.717, 1.165) is 145 Å². The number of nitrogens with two attached hydrogens (primary N) is 1. The van der Waals surface area contributed by atoms with E-state index < -0.39 is 0 Å². The van der Waals surface area contributed by atoms with Gasteiger partial charge in [0.05, 0.1) is 66.2 Å². The molecule has 0 unspecified atom stereocenters. The third-order valence-corrected chi connectivity index (χ3v) is 18.9. The predicted molar refractivity (Wildman–Crippen MR) is 378 cm³/mol. The first kappa shape index (κ1) is 50.2. The highest BCUT2D eigenvalue weighted by Gasteiger charge is 2.28. The van der Waals surface area contributed by atoms with Crippen LogP contribution in [-0.4, -0.2) is 39.2 Å². The Hall–Kier alpha value is -11.9. The fraction of sp³-hybridized carbons (Fsp3) is 0.0370. The second-order valence-corrected chi connectivity index (χ2v) is 23.7. The maximum Gasteiger partial charge on any atom is 0.207 e. The van der Waals surface area contributed by atoms with Gasteiger partial charge in [-0.1, -0.05) is 218 Å². The Labute approximate surface area is 515 Å². The molecule has 424 valence electrons. The van der Waals surface area contributed by atoms with Gasteiger partial charge in [0.1, 0.15) is 6.67 Å². The van der Waals surface area contributed by atoms with Gasteiger partial charge in [0.15, 0.2) is 5.84 Å². The summed E-state index contributed by atoms with van der Waals surface area (Å²) in [6, 6.07) is 96.2. The highest BCUT2D eigenvalue weighted by atomic mass is 15.2. The van der Waals surface area contributed by atoms with Crippen LogP contribution in [0.3, 0.4) is 0 Å². The molecule has 0 radical (unpaired) electrons. The van der Waals surface area contributed by atoms with Crippen molar-refractivity contribution in [3.63, 3.8) is 0 Å². The van der Waals surface area contributed by atoms with E-state index in [0.29, 0.717) is 11.8 Å². The van der Waals surface area contributed by atoms with Crippen LogP contribution in [-0.2, 0) is 6.67 Å². The number of allylic oxidation sites excluding steroid dienone is 4. The lowest BCUT2D eigenvalue weighted by Crippen LogP contribution is -2.24. The Morgan fingerprint density at radius 2 is 0.689 bits per heavy atom. The summed E-state index contributed by atoms with van der Waals surface area (Å²) in [6.07, 6.45) is 8.91. The van der Waals surface area contributed by atoms with E-state index in [1.54, 1.807) is 0 Å². The Balaban J connectivity index is 0.882. The SMILES string of the molecule is NC(=NC(=NCn1c2ccccc2c2ccc3c4ccc5c6ccccc6n(-c6ccccc6)c5c4n(-c4ccccc4)c3c21)c1ccccc1)n1c2ccccc2c2ccc3c4ccc5c6ccccc6n(-c6ccccc6)c5c4n(C4=CCCC=C4)c3c21. The van der Waals surface area contributed by atoms with Crippen molar-refractivity contribution < 1.29 is 0 Å². The lowest BCUT2D eigenvalue weighted by atomic mass is 10.1. The van der Waals surface area contributed by atoms with Crippen LogP contribution < -0.4 is 5.73 Å². The zero-order chi connectivity index (χ0) is 59.1. The number of para-hydroxylation sites is 7. The molecule has 0 aliphatic heterocycles. The van der Waals surface area contributed by atoms with Crippen LogP contribution in [0.1, 0.15) is 18.4 Å². The van der Waals surface area contributed by atoms with Crippen molar-refractivity contribution in [3.8, 4) is 17.1 Å². The van der Waals surface area contributed by atoms with Crippen molar-refractivity contribution in [2.45, 2.75) is 19.5 Å². The summed E-state index contributed by atoms with van der Waals surface area (Å²) in [7, 11) is 0. The van der Waals surface area contributed by atoms with Gasteiger partial charge in [-0.15, -0.1) is 0 Å². The lowest BCUT2D eigenvalue weighted by Gasteiger charge is -2.16. The minimum atomic E-state index is 0.248. The second-order valence-electron chi connectivity index (χ2n) is 23.7. The van der Waals surface area contributed by atoms with Crippen LogP contribution in [0.25, 0.3) is 154 Å². The third kappa shape index (κ3) is 7.14. The fourth-order valence-electron chi connectivity index (χ4n) is 15.3. The van der Waals surface area contributed by atoms with E-state index in [2.05, 4.69) is 306 Å². The average Bonchev–Trinajstić information content (AvgIpc) is 1.55. The number of nitrogens with zero attached hydrogens (tertiary/aromatic N) is 8. The molecule has 0 atom stereocenters. The molecule has 0 spiro atoms. The molecule has 1 aliphatic rings. The molecule has 19 rings (SSSR count). The van der Waals surface area contributed by atoms with Crippen LogP contribution in [0.15, 0.2) is 295 Å². The number of benzene rings is 12. The summed E-state index contributed by atoms with van der Waals surface area (Å²) in [5.74, 6) is 0.839. The van der Waals surface area contributed by atoms with Gasteiger partial charge in [0, 0.05) is 93.0 Å². The van der Waals surface area contributed by atoms with Crippen molar-refractivity contribution in [1.82, 2.24) is 27.4 Å². The van der Waals surface area contributed by atoms with Gasteiger partial charge in [-0.25, -0.2) is 4.99 Å². The van der Waals surface area contributed by atoms with Crippen LogP contribution in [0, 0.1) is 0 Å². The Bertz CT molecular complexity index is 6160. The number of rotatable bonds is 7. The quantitative estimate of drug-likeness (QED) is 0.125. The van der Waals surface area contributed by atoms with E-state index in [1.807, 2.05) is 6.07 Å². The number of fused-ring (bicyclic) bond motifs is 22. The van der Waals surface area contributed by atoms with Gasteiger partial charge in [-0.2, -0.15) is 4.99 Å². The molecule has 0 saturated heterocycles. The molecule has 0 amide bonds. The molecular weight excluding hydrogens is 1100 g/mol. The molecule has 0 bridgehead atoms. The van der Waals surface area contributed by atoms with Gasteiger partial charge in [0.2, 0.25) is 5.96 Å². The van der Waals surface area contributed by atoms with E-state index >= 15 is 0 Å². The first-order chi connectivity index (χ1) is 44.7. The average molecular weight is 1150 g/mol. The summed E-state index contributed by atoms with van der Waals surface area (Å²) in [5.41, 5.74) is 26.3. The van der Waals surface area contributed by atoms with Crippen molar-refractivity contribution >= 4 is 148 Å². The predicted octanol–water partition coefficient (Wildman–Crippen LogP) is 19.8. The van der Waals surface area contributed by atoms with Crippen LogP contribution in [0.2, 0.25) is 0 Å². The zero-order valence-electron chi connectivity index (χ0n) is 48.9. The lowest BCUT2D eigenvalue weighted by molar-refractivity contribution is 0.792. The summed E-state index contributed by atoms with van der Waals surface area (Å²) >= 11 is 0. The van der Waals surface area contributed by atoms with Gasteiger partial charge in [0.25, 0.3) is 0 Å². The van der Waals surface area contributed by atoms with Crippen molar-refractivity contribution in [2.24, 2.45) is 15.7 Å². The molecule has 2 N–H and O–H groups in total. The Morgan fingerprint density at radius 3 is 1.20 bits per heavy atom. The molecule has 0 saturated carbocycles. The molecule has 6 aromatic heterocycles. The zero-order valence-corrected chi connectivity index (χ0v) is 48.9. The van der Waals surface area contributed by atoms with Gasteiger partial charge in [-0.3, -0.25) is 4.57 Å². The molecule has 90 heavy (non-hydrogen) atoms. The number of aliphatic imine (C=N–C) groups is 2. The summed E-state index contributed by atoms with van der Waals surface area (Å²) in [4.78, 5) is 11.3. The highest BCUT2D eigenvalue weighted by Crippen LogP contribution is 2.48. The summed E-state index contributed by atoms with van der Waals surface area (Å²) in [6.45, 7) is 0.248. The van der Waals surface area contributed by atoms with Crippen molar-refractivity contribution in [2.75, 3.05) is 0 Å². The molecule has 0 fully saturated rings. The van der Waals surface area contributed by atoms with E-state index in [9.17, 15) is 0 Å². The molecule has 9 nitrogen and oxygen atoms in total. The number of hydrogen-bond acceptors (Lipinski definition) is 1. The molecular formula is C81H55N9. The molecule has 6 heterocycles. The number of amidine groups is 1. The minimum Gasteiger partial charge on any atom is -0.369 e. The van der Waals surface area contributed by atoms with Crippen molar-refractivity contribution in [1.29, 1.82) is 0 Å². The monoisotopic (exact) mass is 1150 g/mol. The van der Waals surface area contributed by atoms with E-state index in [4.69, 9.17) is 15.7 Å². The van der Waals surface area contributed by atoms with Gasteiger partial charge < -0.3 is 28.6 Å². The summed E-state index contributed by atoms with van der Waals surface area (Å²) < 4.78 is 14.5. The molecule has 9 heteroatoms. The normalized spacial score (nSPS) is 13.5. The highest BCUT2D eigenvalue weighted by molar-refractivity contribution is 6.32. The Morgan fingerprint density at radius 1 is 0.322 bits per heavy atom. The topological polar surface area (TPSA) is 80.3 Å². The van der Waals surface area contributed by atoms with Gasteiger partial charge >= 0.3 is 0 Å². The minimum absolute atomic E-state index is 0.248. The Kier molecular flexibility index (Phi) is 10.9. The van der Waals surface area contributed by atoms with Crippen LogP contribution in [0.4, 0.5) is 0 Å². The standard InChI is InChI=1S/C81H55N9/c82-81(90-71-41-23-19-37-59(71)63-45-49-67-66-48-44-62-58-36-18-22-40-70(58)87(53-28-10-3-11-29-53)75(62)77(66)89(78(67)79(63)90)55-32-14-5-15-33-55)84-80(51-24-6-1-7-25-51)83-50-85-68-38-20-16-34-56(68)60-42-46-64-65-47-43-61-57-35-17-21-39-69(57)86(52-26-8-2-9-27-52)74(61)76(65)88(73(64)72(60)85)54-30-12-4-13-31-54/h1-4,6-14,16-49H,5,15,50H2,(H2,82,83,84). The maximum atomic E-state index is 7.80. The summed E-state index contributed by atoms with van der Waals surface area (Å²) in [5, 5.41) is 13.9. The smallest absolute Gasteiger partial charge is 0.207 e. The first-order valence-electron chi connectivity index (χ1n) is 31.0. The third-order valence-electron chi connectivity index (χ3n) is 18.9. The van der Waals surface area contributed by atoms with Gasteiger partial charge in [-0.05, 0) is 79.6 Å².